The van der Waals surface area contributed by atoms with Gasteiger partial charge in [0.2, 0.25) is 0 Å². The van der Waals surface area contributed by atoms with Crippen molar-refractivity contribution in [3.8, 4) is 0 Å². The summed E-state index contributed by atoms with van der Waals surface area (Å²) in [6.45, 7) is 4.73. The van der Waals surface area contributed by atoms with Crippen LogP contribution in [-0.4, -0.2) is 29.3 Å². The quantitative estimate of drug-likeness (QED) is 0.696. The molecule has 3 N–H and O–H groups in total. The molecule has 0 aliphatic heterocycles. The highest BCUT2D eigenvalue weighted by Crippen LogP contribution is 2.27. The van der Waals surface area contributed by atoms with Crippen LogP contribution in [0.3, 0.4) is 0 Å². The Morgan fingerprint density at radius 2 is 1.89 bits per heavy atom. The van der Waals surface area contributed by atoms with Crippen molar-refractivity contribution in [3.63, 3.8) is 0 Å². The first-order valence-electron chi connectivity index (χ1n) is 6.25. The van der Waals surface area contributed by atoms with Crippen molar-refractivity contribution in [1.82, 2.24) is 0 Å². The summed E-state index contributed by atoms with van der Waals surface area (Å²) in [6, 6.07) is 6.82. The van der Waals surface area contributed by atoms with E-state index in [0.29, 0.717) is 12.2 Å². The summed E-state index contributed by atoms with van der Waals surface area (Å²) in [7, 11) is 0. The summed E-state index contributed by atoms with van der Waals surface area (Å²) in [5.74, 6) is -0.944. The molecule has 4 nitrogen and oxygen atoms in total. The minimum Gasteiger partial charge on any atom is -0.478 e. The van der Waals surface area contributed by atoms with E-state index in [2.05, 4.69) is 5.32 Å². The first kappa shape index (κ1) is 14.5. The summed E-state index contributed by atoms with van der Waals surface area (Å²) in [4.78, 5) is 11.1. The zero-order valence-electron chi connectivity index (χ0n) is 10.9. The molecule has 0 spiro atoms. The Bertz CT molecular complexity index is 392. The largest absolute Gasteiger partial charge is 0.478 e. The van der Waals surface area contributed by atoms with Crippen LogP contribution in [0.4, 0.5) is 5.69 Å². The molecule has 0 heterocycles. The van der Waals surface area contributed by atoms with Crippen molar-refractivity contribution < 1.29 is 15.0 Å². The molecule has 0 bridgehead atoms. The van der Waals surface area contributed by atoms with Crippen LogP contribution < -0.4 is 5.32 Å². The average molecular weight is 251 g/mol. The molecule has 0 aliphatic rings. The molecule has 0 radical (unpaired) electrons. The molecule has 0 unspecified atom stereocenters. The van der Waals surface area contributed by atoms with Gasteiger partial charge in [-0.3, -0.25) is 0 Å². The van der Waals surface area contributed by atoms with Crippen LogP contribution in [0.2, 0.25) is 0 Å². The topological polar surface area (TPSA) is 69.6 Å². The fourth-order valence-corrected chi connectivity index (χ4v) is 1.89. The molecular formula is C14H21NO3. The fraction of sp³-hybridized carbons (Fsp3) is 0.500. The second-order valence-corrected chi connectivity index (χ2v) is 4.57. The number of carboxylic acid groups (broad SMARTS) is 1. The summed E-state index contributed by atoms with van der Waals surface area (Å²) in [5.41, 5.74) is 0.673. The average Bonchev–Trinajstić information content (AvgIpc) is 2.41. The van der Waals surface area contributed by atoms with E-state index in [1.54, 1.807) is 24.3 Å². The molecule has 1 rings (SSSR count). The summed E-state index contributed by atoms with van der Waals surface area (Å²) >= 11 is 0. The van der Waals surface area contributed by atoms with Gasteiger partial charge in [0.1, 0.15) is 0 Å². The normalized spacial score (nSPS) is 11.3. The number of para-hydroxylation sites is 1. The van der Waals surface area contributed by atoms with E-state index in [-0.39, 0.29) is 17.6 Å². The number of carbonyl (C=O) groups is 1. The maximum atomic E-state index is 11.1. The molecule has 100 valence electrons. The Labute approximate surface area is 108 Å². The minimum atomic E-state index is -0.944. The Morgan fingerprint density at radius 3 is 2.39 bits per heavy atom. The van der Waals surface area contributed by atoms with Crippen LogP contribution in [-0.2, 0) is 0 Å². The Kier molecular flexibility index (Phi) is 5.16. The highest BCUT2D eigenvalue weighted by Gasteiger charge is 2.25. The van der Waals surface area contributed by atoms with Crippen molar-refractivity contribution in [2.24, 2.45) is 5.41 Å². The SMILES string of the molecule is CCC(CC)(CO)CNc1ccccc1C(=O)O. The van der Waals surface area contributed by atoms with E-state index in [9.17, 15) is 9.90 Å². The zero-order chi connectivity index (χ0) is 13.6. The zero-order valence-corrected chi connectivity index (χ0v) is 10.9. The Hall–Kier alpha value is -1.55. The van der Waals surface area contributed by atoms with E-state index >= 15 is 0 Å². The lowest BCUT2D eigenvalue weighted by Gasteiger charge is -2.30. The van der Waals surface area contributed by atoms with Crippen LogP contribution in [0.25, 0.3) is 0 Å². The van der Waals surface area contributed by atoms with Gasteiger partial charge in [0.15, 0.2) is 0 Å². The predicted molar refractivity (Wildman–Crippen MR) is 72.0 cm³/mol. The molecule has 0 atom stereocenters. The van der Waals surface area contributed by atoms with Gasteiger partial charge in [0, 0.05) is 17.6 Å². The molecule has 0 aliphatic carbocycles. The molecular weight excluding hydrogens is 230 g/mol. The molecule has 0 aromatic heterocycles. The third kappa shape index (κ3) is 3.23. The van der Waals surface area contributed by atoms with Gasteiger partial charge in [-0.05, 0) is 25.0 Å². The van der Waals surface area contributed by atoms with Gasteiger partial charge >= 0.3 is 5.97 Å². The first-order chi connectivity index (χ1) is 8.58. The second-order valence-electron chi connectivity index (χ2n) is 4.57. The number of hydrogen-bond acceptors (Lipinski definition) is 3. The highest BCUT2D eigenvalue weighted by atomic mass is 16.4. The van der Waals surface area contributed by atoms with Crippen molar-refractivity contribution in [2.45, 2.75) is 26.7 Å². The number of rotatable bonds is 7. The van der Waals surface area contributed by atoms with Crippen molar-refractivity contribution in [3.05, 3.63) is 29.8 Å². The Morgan fingerprint density at radius 1 is 1.28 bits per heavy atom. The lowest BCUT2D eigenvalue weighted by Crippen LogP contribution is -2.32. The molecule has 1 aromatic rings. The predicted octanol–water partition coefficient (Wildman–Crippen LogP) is 2.60. The van der Waals surface area contributed by atoms with Gasteiger partial charge in [0.05, 0.1) is 12.2 Å². The smallest absolute Gasteiger partial charge is 0.337 e. The third-order valence-electron chi connectivity index (χ3n) is 3.65. The maximum Gasteiger partial charge on any atom is 0.337 e. The molecule has 0 saturated carbocycles. The number of aliphatic hydroxyl groups excluding tert-OH is 1. The molecule has 18 heavy (non-hydrogen) atoms. The lowest BCUT2D eigenvalue weighted by molar-refractivity contribution is 0.0698. The highest BCUT2D eigenvalue weighted by molar-refractivity contribution is 5.94. The van der Waals surface area contributed by atoms with Gasteiger partial charge in [-0.1, -0.05) is 26.0 Å². The number of hydrogen-bond donors (Lipinski definition) is 3. The van der Waals surface area contributed by atoms with Crippen molar-refractivity contribution >= 4 is 11.7 Å². The molecule has 0 saturated heterocycles. The fourth-order valence-electron chi connectivity index (χ4n) is 1.89. The van der Waals surface area contributed by atoms with Gasteiger partial charge in [0.25, 0.3) is 0 Å². The first-order valence-corrected chi connectivity index (χ1v) is 6.25. The van der Waals surface area contributed by atoms with Gasteiger partial charge in [-0.2, -0.15) is 0 Å². The Balaban J connectivity index is 2.83. The number of carboxylic acids is 1. The van der Waals surface area contributed by atoms with E-state index in [0.717, 1.165) is 12.8 Å². The van der Waals surface area contributed by atoms with Crippen LogP contribution in [0.1, 0.15) is 37.0 Å². The second kappa shape index (κ2) is 6.40. The summed E-state index contributed by atoms with van der Waals surface area (Å²) < 4.78 is 0. The monoisotopic (exact) mass is 251 g/mol. The molecule has 0 fully saturated rings. The minimum absolute atomic E-state index is 0.0994. The van der Waals surface area contributed by atoms with E-state index in [1.165, 1.54) is 0 Å². The van der Waals surface area contributed by atoms with Gasteiger partial charge in [-0.25, -0.2) is 4.79 Å². The number of aliphatic hydroxyl groups is 1. The van der Waals surface area contributed by atoms with E-state index in [1.807, 2.05) is 13.8 Å². The number of benzene rings is 1. The number of aromatic carboxylic acids is 1. The number of anilines is 1. The third-order valence-corrected chi connectivity index (χ3v) is 3.65. The van der Waals surface area contributed by atoms with Crippen molar-refractivity contribution in [2.75, 3.05) is 18.5 Å². The van der Waals surface area contributed by atoms with Gasteiger partial charge < -0.3 is 15.5 Å². The maximum absolute atomic E-state index is 11.1. The molecule has 1 aromatic carbocycles. The van der Waals surface area contributed by atoms with Crippen LogP contribution >= 0.6 is 0 Å². The van der Waals surface area contributed by atoms with Crippen LogP contribution in [0.15, 0.2) is 24.3 Å². The van der Waals surface area contributed by atoms with Gasteiger partial charge in [-0.15, -0.1) is 0 Å². The van der Waals surface area contributed by atoms with Crippen LogP contribution in [0, 0.1) is 5.41 Å². The van der Waals surface area contributed by atoms with Crippen LogP contribution in [0.5, 0.6) is 0 Å². The molecule has 0 amide bonds. The summed E-state index contributed by atoms with van der Waals surface area (Å²) in [6.07, 6.45) is 1.70. The molecule has 4 heteroatoms. The van der Waals surface area contributed by atoms with E-state index < -0.39 is 5.97 Å². The van der Waals surface area contributed by atoms with E-state index in [4.69, 9.17) is 5.11 Å². The standard InChI is InChI=1S/C14H21NO3/c1-3-14(4-2,10-16)9-15-12-8-6-5-7-11(12)13(17)18/h5-8,15-16H,3-4,9-10H2,1-2H3,(H,17,18). The lowest BCUT2D eigenvalue weighted by atomic mass is 9.83. The van der Waals surface area contributed by atoms with Crippen molar-refractivity contribution in [1.29, 1.82) is 0 Å². The summed E-state index contributed by atoms with van der Waals surface area (Å²) in [5, 5.41) is 21.7. The number of nitrogens with one attached hydrogen (secondary N) is 1.